The first-order valence-electron chi connectivity index (χ1n) is 11.2. The maximum absolute atomic E-state index is 13.7. The van der Waals surface area contributed by atoms with Crippen LogP contribution in [0.3, 0.4) is 0 Å². The number of rotatable bonds is 8. The van der Waals surface area contributed by atoms with Gasteiger partial charge in [-0.15, -0.1) is 0 Å². The van der Waals surface area contributed by atoms with Crippen LogP contribution in [0, 0.1) is 0 Å². The van der Waals surface area contributed by atoms with E-state index in [0.717, 1.165) is 0 Å². The third kappa shape index (κ3) is 5.06. The van der Waals surface area contributed by atoms with Gasteiger partial charge < -0.3 is 14.4 Å². The van der Waals surface area contributed by atoms with Gasteiger partial charge in [0, 0.05) is 24.2 Å². The largest absolute Gasteiger partial charge is 0.497 e. The van der Waals surface area contributed by atoms with Crippen molar-refractivity contribution < 1.29 is 14.3 Å². The van der Waals surface area contributed by atoms with Gasteiger partial charge >= 0.3 is 0 Å². The van der Waals surface area contributed by atoms with Crippen LogP contribution in [-0.4, -0.2) is 47.7 Å². The normalized spacial score (nSPS) is 11.9. The van der Waals surface area contributed by atoms with Crippen LogP contribution >= 0.6 is 11.6 Å². The quantitative estimate of drug-likeness (QED) is 0.350. The first-order chi connectivity index (χ1) is 16.9. The number of methoxy groups -OCH3 is 2. The molecule has 4 rings (SSSR count). The topological polar surface area (TPSA) is 73.7 Å². The highest BCUT2D eigenvalue weighted by molar-refractivity contribution is 6.31. The van der Waals surface area contributed by atoms with Crippen LogP contribution in [0.4, 0.5) is 0 Å². The Bertz CT molecular complexity index is 1390. The highest BCUT2D eigenvalue weighted by Gasteiger charge is 2.27. The summed E-state index contributed by atoms with van der Waals surface area (Å²) in [5.74, 6) is 0.894. The summed E-state index contributed by atoms with van der Waals surface area (Å²) in [7, 11) is 3.16. The van der Waals surface area contributed by atoms with Crippen LogP contribution in [0.2, 0.25) is 5.02 Å². The number of amides is 1. The number of aromatic nitrogens is 2. The molecular formula is C27H26ClN3O4. The molecule has 180 valence electrons. The first kappa shape index (κ1) is 24.4. The fourth-order valence-corrected chi connectivity index (χ4v) is 4.15. The predicted molar refractivity (Wildman–Crippen MR) is 137 cm³/mol. The zero-order valence-corrected chi connectivity index (χ0v) is 20.5. The zero-order valence-electron chi connectivity index (χ0n) is 19.8. The number of benzene rings is 3. The van der Waals surface area contributed by atoms with E-state index in [1.807, 2.05) is 25.1 Å². The molecule has 0 aliphatic heterocycles. The van der Waals surface area contributed by atoms with Crippen molar-refractivity contribution in [1.29, 1.82) is 0 Å². The predicted octanol–water partition coefficient (Wildman–Crippen LogP) is 4.90. The molecule has 1 heterocycles. The molecule has 1 amide bonds. The molecular weight excluding hydrogens is 466 g/mol. The summed E-state index contributed by atoms with van der Waals surface area (Å²) < 4.78 is 12.1. The van der Waals surface area contributed by atoms with E-state index in [0.29, 0.717) is 51.9 Å². The summed E-state index contributed by atoms with van der Waals surface area (Å²) in [5.41, 5.74) is 1.36. The van der Waals surface area contributed by atoms with E-state index >= 15 is 0 Å². The van der Waals surface area contributed by atoms with Gasteiger partial charge in [0.25, 0.3) is 11.5 Å². The second kappa shape index (κ2) is 10.7. The molecule has 1 unspecified atom stereocenters. The Balaban J connectivity index is 1.91. The molecule has 35 heavy (non-hydrogen) atoms. The fourth-order valence-electron chi connectivity index (χ4n) is 3.98. The number of fused-ring (bicyclic) bond motifs is 1. The van der Waals surface area contributed by atoms with Gasteiger partial charge in [-0.3, -0.25) is 14.2 Å². The smallest absolute Gasteiger partial charge is 0.266 e. The Morgan fingerprint density at radius 1 is 1.06 bits per heavy atom. The molecule has 0 saturated carbocycles. The lowest BCUT2D eigenvalue weighted by molar-refractivity contribution is 0.0605. The SMILES string of the molecule is COCCN(C(=O)c1ccccc1)C(C)c1nc2cc(Cl)ccc2c(=O)n1-c1ccc(OC)cc1. The van der Waals surface area contributed by atoms with Gasteiger partial charge in [-0.25, -0.2) is 4.98 Å². The van der Waals surface area contributed by atoms with Gasteiger partial charge in [0.05, 0.1) is 36.3 Å². The second-order valence-corrected chi connectivity index (χ2v) is 8.44. The average Bonchev–Trinajstić information content (AvgIpc) is 2.89. The van der Waals surface area contributed by atoms with Crippen LogP contribution < -0.4 is 10.3 Å². The molecule has 0 N–H and O–H groups in total. The Morgan fingerprint density at radius 2 is 1.77 bits per heavy atom. The highest BCUT2D eigenvalue weighted by atomic mass is 35.5. The van der Waals surface area contributed by atoms with E-state index in [1.165, 1.54) is 0 Å². The third-order valence-electron chi connectivity index (χ3n) is 5.85. The molecule has 1 atom stereocenters. The van der Waals surface area contributed by atoms with Crippen molar-refractivity contribution in [2.45, 2.75) is 13.0 Å². The first-order valence-corrected chi connectivity index (χ1v) is 11.5. The zero-order chi connectivity index (χ0) is 24.9. The van der Waals surface area contributed by atoms with Gasteiger partial charge in [0.2, 0.25) is 0 Å². The van der Waals surface area contributed by atoms with E-state index in [1.54, 1.807) is 78.3 Å². The van der Waals surface area contributed by atoms with E-state index in [-0.39, 0.29) is 11.5 Å². The number of nitrogens with zero attached hydrogens (tertiary/aromatic N) is 3. The lowest BCUT2D eigenvalue weighted by atomic mass is 10.1. The van der Waals surface area contributed by atoms with Gasteiger partial charge in [-0.2, -0.15) is 0 Å². The minimum atomic E-state index is -0.559. The van der Waals surface area contributed by atoms with Gasteiger partial charge in [0.15, 0.2) is 0 Å². The van der Waals surface area contributed by atoms with Gasteiger partial charge in [0.1, 0.15) is 11.6 Å². The standard InChI is InChI=1S/C27H26ClN3O4/c1-18(30(15-16-34-2)26(32)19-7-5-4-6-8-19)25-29-24-17-20(28)9-14-23(24)27(33)31(25)21-10-12-22(35-3)13-11-21/h4-14,17-18H,15-16H2,1-3H3. The third-order valence-corrected chi connectivity index (χ3v) is 6.08. The summed E-state index contributed by atoms with van der Waals surface area (Å²) in [6, 6.07) is 20.6. The monoisotopic (exact) mass is 491 g/mol. The molecule has 3 aromatic carbocycles. The fraction of sp³-hybridized carbons (Fsp3) is 0.222. The molecule has 1 aromatic heterocycles. The number of ether oxygens (including phenoxy) is 2. The van der Waals surface area contributed by atoms with Crippen molar-refractivity contribution >= 4 is 28.4 Å². The summed E-state index contributed by atoms with van der Waals surface area (Å²) in [4.78, 5) is 33.7. The molecule has 8 heteroatoms. The van der Waals surface area contributed by atoms with Crippen LogP contribution in [0.5, 0.6) is 5.75 Å². The Morgan fingerprint density at radius 3 is 2.43 bits per heavy atom. The molecule has 0 saturated heterocycles. The van der Waals surface area contributed by atoms with Crippen molar-refractivity contribution in [2.75, 3.05) is 27.4 Å². The lowest BCUT2D eigenvalue weighted by Crippen LogP contribution is -2.39. The van der Waals surface area contributed by atoms with E-state index < -0.39 is 6.04 Å². The van der Waals surface area contributed by atoms with Crippen molar-refractivity contribution in [3.05, 3.63) is 99.6 Å². The van der Waals surface area contributed by atoms with Crippen LogP contribution in [0.15, 0.2) is 77.6 Å². The number of hydrogen-bond acceptors (Lipinski definition) is 5. The molecule has 0 radical (unpaired) electrons. The maximum Gasteiger partial charge on any atom is 0.266 e. The Hall–Kier alpha value is -3.68. The number of carbonyl (C=O) groups is 1. The molecule has 0 fully saturated rings. The van der Waals surface area contributed by atoms with Gasteiger partial charge in [-0.1, -0.05) is 29.8 Å². The van der Waals surface area contributed by atoms with Crippen molar-refractivity contribution in [2.24, 2.45) is 0 Å². The summed E-state index contributed by atoms with van der Waals surface area (Å²) in [6.07, 6.45) is 0. The number of hydrogen-bond donors (Lipinski definition) is 0. The second-order valence-electron chi connectivity index (χ2n) is 8.00. The van der Waals surface area contributed by atoms with E-state index in [4.69, 9.17) is 26.1 Å². The summed E-state index contributed by atoms with van der Waals surface area (Å²) in [5, 5.41) is 0.904. The summed E-state index contributed by atoms with van der Waals surface area (Å²) >= 11 is 6.21. The minimum Gasteiger partial charge on any atom is -0.497 e. The van der Waals surface area contributed by atoms with E-state index in [2.05, 4.69) is 0 Å². The van der Waals surface area contributed by atoms with E-state index in [9.17, 15) is 9.59 Å². The molecule has 0 bridgehead atoms. The molecule has 0 spiro atoms. The molecule has 0 aliphatic rings. The maximum atomic E-state index is 13.7. The summed E-state index contributed by atoms with van der Waals surface area (Å²) in [6.45, 7) is 2.50. The van der Waals surface area contributed by atoms with Crippen molar-refractivity contribution in [1.82, 2.24) is 14.5 Å². The lowest BCUT2D eigenvalue weighted by Gasteiger charge is -2.30. The minimum absolute atomic E-state index is 0.183. The Kier molecular flexibility index (Phi) is 7.48. The van der Waals surface area contributed by atoms with Crippen LogP contribution in [-0.2, 0) is 4.74 Å². The highest BCUT2D eigenvalue weighted by Crippen LogP contribution is 2.26. The van der Waals surface area contributed by atoms with Crippen LogP contribution in [0.1, 0.15) is 29.1 Å². The molecule has 7 nitrogen and oxygen atoms in total. The van der Waals surface area contributed by atoms with Crippen molar-refractivity contribution in [3.63, 3.8) is 0 Å². The molecule has 4 aromatic rings. The number of carbonyl (C=O) groups excluding carboxylic acids is 1. The number of halogens is 1. The van der Waals surface area contributed by atoms with Crippen molar-refractivity contribution in [3.8, 4) is 11.4 Å². The Labute approximate surface area is 208 Å². The average molecular weight is 492 g/mol. The van der Waals surface area contributed by atoms with Gasteiger partial charge in [-0.05, 0) is 61.5 Å². The molecule has 0 aliphatic carbocycles. The van der Waals surface area contributed by atoms with Crippen LogP contribution in [0.25, 0.3) is 16.6 Å².